The molecule has 7 aromatic rings. The zero-order chi connectivity index (χ0) is 42.9. The van der Waals surface area contributed by atoms with Crippen LogP contribution < -0.4 is 40.5 Å². The number of hydrogen-bond acceptors (Lipinski definition) is 12. The van der Waals surface area contributed by atoms with Crippen molar-refractivity contribution in [2.24, 2.45) is 0 Å². The van der Waals surface area contributed by atoms with Gasteiger partial charge in [-0.1, -0.05) is 78.9 Å². The Kier molecular flexibility index (Phi) is 14.3. The standard InChI is InChI=1S/C48H42N4O10/c53-39-10-5-12-41(28-39)59-48(56)52-46-17-4-2-9-36(46)27-33-18-22-37(23-19-33)49-31-57-62-44-15-7-13-42(30-44)60-47(55)51-38-24-20-34(21-25-38)26-35-8-1-3-16-45(35)50-32-58-61-43-14-6-11-40(54)29-43/h1-25,28-30,49-50,53-54H,26-27,31-32H2,(H,51,55)(H,52,56). The van der Waals surface area contributed by atoms with Crippen LogP contribution in [0.3, 0.4) is 0 Å². The number of para-hydroxylation sites is 2. The molecule has 0 aliphatic heterocycles. The van der Waals surface area contributed by atoms with Gasteiger partial charge in [0.25, 0.3) is 0 Å². The molecule has 0 aliphatic carbocycles. The summed E-state index contributed by atoms with van der Waals surface area (Å²) >= 11 is 0. The van der Waals surface area contributed by atoms with Crippen molar-refractivity contribution in [2.45, 2.75) is 12.8 Å². The number of aromatic hydroxyl groups is 2. The van der Waals surface area contributed by atoms with Gasteiger partial charge in [0, 0.05) is 40.9 Å². The minimum atomic E-state index is -0.671. The van der Waals surface area contributed by atoms with Crippen molar-refractivity contribution in [1.29, 1.82) is 0 Å². The van der Waals surface area contributed by atoms with E-state index >= 15 is 0 Å². The van der Waals surface area contributed by atoms with Crippen LogP contribution in [-0.4, -0.2) is 35.9 Å². The van der Waals surface area contributed by atoms with Gasteiger partial charge >= 0.3 is 12.2 Å². The summed E-state index contributed by atoms with van der Waals surface area (Å²) in [5.74, 6) is 1.29. The van der Waals surface area contributed by atoms with E-state index in [1.54, 1.807) is 66.7 Å². The van der Waals surface area contributed by atoms with Crippen molar-refractivity contribution >= 4 is 34.9 Å². The van der Waals surface area contributed by atoms with E-state index in [4.69, 9.17) is 29.0 Å². The van der Waals surface area contributed by atoms with Crippen LogP contribution in [0.2, 0.25) is 0 Å². The lowest BCUT2D eigenvalue weighted by atomic mass is 10.0. The second-order valence-electron chi connectivity index (χ2n) is 13.6. The van der Waals surface area contributed by atoms with Gasteiger partial charge in [0.2, 0.25) is 0 Å². The second-order valence-corrected chi connectivity index (χ2v) is 13.6. The molecule has 314 valence electrons. The van der Waals surface area contributed by atoms with Crippen molar-refractivity contribution in [3.05, 3.63) is 192 Å². The Labute approximate surface area is 357 Å². The molecule has 0 fully saturated rings. The lowest BCUT2D eigenvalue weighted by Gasteiger charge is -2.13. The summed E-state index contributed by atoms with van der Waals surface area (Å²) < 4.78 is 10.8. The normalized spacial score (nSPS) is 10.6. The number of anilines is 4. The minimum Gasteiger partial charge on any atom is -0.508 e. The molecular formula is C48H42N4O10. The fourth-order valence-corrected chi connectivity index (χ4v) is 6.11. The first-order valence-electron chi connectivity index (χ1n) is 19.4. The average molecular weight is 835 g/mol. The molecule has 2 amide bonds. The number of hydrogen-bond donors (Lipinski definition) is 6. The summed E-state index contributed by atoms with van der Waals surface area (Å²) in [6, 6.07) is 49.3. The molecule has 7 rings (SSSR count). The van der Waals surface area contributed by atoms with Crippen LogP contribution in [0.5, 0.6) is 34.5 Å². The van der Waals surface area contributed by atoms with Gasteiger partial charge in [-0.2, -0.15) is 9.78 Å². The molecule has 7 aromatic carbocycles. The van der Waals surface area contributed by atoms with E-state index in [9.17, 15) is 19.8 Å². The molecule has 0 radical (unpaired) electrons. The van der Waals surface area contributed by atoms with E-state index < -0.39 is 12.2 Å². The van der Waals surface area contributed by atoms with Gasteiger partial charge in [-0.25, -0.2) is 9.59 Å². The number of amides is 2. The molecule has 0 bridgehead atoms. The Morgan fingerprint density at radius 2 is 0.903 bits per heavy atom. The van der Waals surface area contributed by atoms with Crippen LogP contribution in [0.1, 0.15) is 22.3 Å². The van der Waals surface area contributed by atoms with Crippen LogP contribution in [0.4, 0.5) is 32.3 Å². The molecular weight excluding hydrogens is 793 g/mol. The summed E-state index contributed by atoms with van der Waals surface area (Å²) in [6.45, 7) is 0.112. The molecule has 0 aromatic heterocycles. The molecule has 0 aliphatic rings. The Hall–Kier alpha value is -8.20. The van der Waals surface area contributed by atoms with Gasteiger partial charge in [-0.3, -0.25) is 10.6 Å². The first-order valence-corrected chi connectivity index (χ1v) is 19.4. The zero-order valence-corrected chi connectivity index (χ0v) is 33.2. The van der Waals surface area contributed by atoms with Crippen LogP contribution in [0.15, 0.2) is 170 Å². The summed E-state index contributed by atoms with van der Waals surface area (Å²) in [7, 11) is 0. The van der Waals surface area contributed by atoms with Gasteiger partial charge < -0.3 is 40.1 Å². The lowest BCUT2D eigenvalue weighted by Crippen LogP contribution is -2.17. The molecule has 14 nitrogen and oxygen atoms in total. The van der Waals surface area contributed by atoms with Gasteiger partial charge in [-0.05, 0) is 108 Å². The maximum Gasteiger partial charge on any atom is 0.417 e. The third-order valence-electron chi connectivity index (χ3n) is 9.04. The highest BCUT2D eigenvalue weighted by Crippen LogP contribution is 2.25. The quantitative estimate of drug-likeness (QED) is 0.0209. The molecule has 14 heteroatoms. The second kappa shape index (κ2) is 21.2. The highest BCUT2D eigenvalue weighted by Gasteiger charge is 2.12. The van der Waals surface area contributed by atoms with Gasteiger partial charge in [-0.15, -0.1) is 0 Å². The topological polar surface area (TPSA) is 178 Å². The van der Waals surface area contributed by atoms with Gasteiger partial charge in [0.1, 0.15) is 23.0 Å². The number of rotatable bonds is 18. The van der Waals surface area contributed by atoms with Crippen molar-refractivity contribution in [2.75, 3.05) is 34.7 Å². The summed E-state index contributed by atoms with van der Waals surface area (Å²) in [5, 5.41) is 31.1. The number of carbonyl (C=O) groups is 2. The van der Waals surface area contributed by atoms with Crippen molar-refractivity contribution in [3.63, 3.8) is 0 Å². The third kappa shape index (κ3) is 12.9. The predicted molar refractivity (Wildman–Crippen MR) is 234 cm³/mol. The Bertz CT molecular complexity index is 2570. The molecule has 0 saturated heterocycles. The first kappa shape index (κ1) is 41.9. The largest absolute Gasteiger partial charge is 0.508 e. The van der Waals surface area contributed by atoms with E-state index in [0.29, 0.717) is 35.7 Å². The minimum absolute atomic E-state index is 0.000603. The SMILES string of the molecule is O=C(Nc1ccc(Cc2ccccc2NCOOc2cccc(O)c2)cc1)Oc1cccc(OOCNc2ccc(Cc3ccccc3NC(=O)Oc3cccc(O)c3)cc2)c1. The van der Waals surface area contributed by atoms with Crippen LogP contribution >= 0.6 is 0 Å². The molecule has 0 heterocycles. The van der Waals surface area contributed by atoms with E-state index in [0.717, 1.165) is 33.6 Å². The number of phenols is 2. The summed E-state index contributed by atoms with van der Waals surface area (Å²) in [5.41, 5.74) is 6.79. The molecule has 0 atom stereocenters. The Balaban J connectivity index is 0.815. The van der Waals surface area contributed by atoms with E-state index in [1.165, 1.54) is 24.3 Å². The molecule has 62 heavy (non-hydrogen) atoms. The van der Waals surface area contributed by atoms with Gasteiger partial charge in [0.05, 0.1) is 0 Å². The smallest absolute Gasteiger partial charge is 0.417 e. The first-order chi connectivity index (χ1) is 30.3. The molecule has 0 spiro atoms. The monoisotopic (exact) mass is 834 g/mol. The Morgan fingerprint density at radius 1 is 0.435 bits per heavy atom. The highest BCUT2D eigenvalue weighted by molar-refractivity contribution is 5.87. The summed E-state index contributed by atoms with van der Waals surface area (Å²) in [4.78, 5) is 46.5. The molecule has 0 unspecified atom stereocenters. The highest BCUT2D eigenvalue weighted by atomic mass is 17.2. The number of benzene rings is 7. The van der Waals surface area contributed by atoms with Crippen molar-refractivity contribution in [3.8, 4) is 34.5 Å². The number of phenolic OH excluding ortho intramolecular Hbond substituents is 2. The maximum atomic E-state index is 12.7. The van der Waals surface area contributed by atoms with Crippen molar-refractivity contribution in [1.82, 2.24) is 0 Å². The van der Waals surface area contributed by atoms with Crippen LogP contribution in [0, 0.1) is 0 Å². The number of nitrogens with one attached hydrogen (secondary N) is 4. The van der Waals surface area contributed by atoms with Crippen molar-refractivity contribution < 1.29 is 48.8 Å². The zero-order valence-electron chi connectivity index (χ0n) is 33.2. The summed E-state index contributed by atoms with van der Waals surface area (Å²) in [6.07, 6.45) is -0.159. The van der Waals surface area contributed by atoms with Gasteiger partial charge in [0.15, 0.2) is 25.0 Å². The lowest BCUT2D eigenvalue weighted by molar-refractivity contribution is -0.200. The molecule has 6 N–H and O–H groups in total. The average Bonchev–Trinajstić information content (AvgIpc) is 3.26. The van der Waals surface area contributed by atoms with Crippen LogP contribution in [-0.2, 0) is 22.6 Å². The molecule has 0 saturated carbocycles. The fraction of sp³-hybridized carbons (Fsp3) is 0.0833. The predicted octanol–water partition coefficient (Wildman–Crippen LogP) is 10.3. The maximum absolute atomic E-state index is 12.7. The van der Waals surface area contributed by atoms with Crippen LogP contribution in [0.25, 0.3) is 0 Å². The van der Waals surface area contributed by atoms with E-state index in [1.807, 2.05) is 78.9 Å². The Morgan fingerprint density at radius 3 is 1.53 bits per heavy atom. The third-order valence-corrected chi connectivity index (χ3v) is 9.04. The van der Waals surface area contributed by atoms with E-state index in [-0.39, 0.29) is 36.5 Å². The number of ether oxygens (including phenoxy) is 2. The van der Waals surface area contributed by atoms with E-state index in [2.05, 4.69) is 21.3 Å². The fourth-order valence-electron chi connectivity index (χ4n) is 6.11. The number of carbonyl (C=O) groups excluding carboxylic acids is 2.